The molecule has 0 aliphatic heterocycles. The molecule has 3 nitrogen and oxygen atoms in total. The second kappa shape index (κ2) is 9.24. The second-order valence-electron chi connectivity index (χ2n) is 4.64. The minimum Gasteiger partial charge on any atom is -0.484 e. The summed E-state index contributed by atoms with van der Waals surface area (Å²) in [5, 5.41) is 3.52. The Morgan fingerprint density at radius 3 is 2.45 bits per heavy atom. The van der Waals surface area contributed by atoms with Gasteiger partial charge in [-0.05, 0) is 30.2 Å². The van der Waals surface area contributed by atoms with Gasteiger partial charge in [0, 0.05) is 16.4 Å². The largest absolute Gasteiger partial charge is 0.484 e. The number of alkyl halides is 1. The van der Waals surface area contributed by atoms with E-state index in [9.17, 15) is 4.79 Å². The lowest BCUT2D eigenvalue weighted by Crippen LogP contribution is -2.35. The van der Waals surface area contributed by atoms with Gasteiger partial charge in [-0.25, -0.2) is 0 Å². The molecule has 0 bridgehead atoms. The molecule has 1 aromatic carbocycles. The maximum atomic E-state index is 11.7. The van der Waals surface area contributed by atoms with E-state index in [0.717, 1.165) is 12.8 Å². The Morgan fingerprint density at radius 2 is 1.90 bits per heavy atom. The molecule has 0 radical (unpaired) electrons. The Hall–Kier alpha value is -0.740. The van der Waals surface area contributed by atoms with Crippen LogP contribution in [0.15, 0.2) is 24.3 Å². The molecule has 1 rings (SSSR count). The van der Waals surface area contributed by atoms with Gasteiger partial charge < -0.3 is 10.1 Å². The molecule has 20 heavy (non-hydrogen) atoms. The number of nitrogens with one attached hydrogen (secondary N) is 1. The number of carbonyl (C=O) groups is 1. The van der Waals surface area contributed by atoms with Gasteiger partial charge in [0.25, 0.3) is 5.91 Å². The molecule has 5 heteroatoms. The van der Waals surface area contributed by atoms with Crippen molar-refractivity contribution in [2.24, 2.45) is 5.92 Å². The maximum absolute atomic E-state index is 11.7. The number of amides is 1. The fourth-order valence-corrected chi connectivity index (χ4v) is 2.94. The molecule has 0 heterocycles. The number of benzene rings is 1. The van der Waals surface area contributed by atoms with E-state index in [0.29, 0.717) is 28.1 Å². The first-order valence-corrected chi connectivity index (χ1v) is 8.15. The lowest BCUT2D eigenvalue weighted by Gasteiger charge is -2.19. The predicted octanol–water partition coefficient (Wildman–Crippen LogP) is 4.03. The van der Waals surface area contributed by atoms with Crippen molar-refractivity contribution >= 4 is 33.4 Å². The van der Waals surface area contributed by atoms with Gasteiger partial charge in [-0.15, -0.1) is 0 Å². The number of halogens is 2. The number of rotatable bonds is 8. The SMILES string of the molecule is CCC(CC)C(Br)CNC(=O)COc1ccc(Cl)cc1. The van der Waals surface area contributed by atoms with Crippen LogP contribution in [0.4, 0.5) is 0 Å². The fourth-order valence-electron chi connectivity index (χ4n) is 1.91. The molecule has 1 N–H and O–H groups in total. The first kappa shape index (κ1) is 17.3. The molecule has 0 saturated carbocycles. The van der Waals surface area contributed by atoms with Crippen molar-refractivity contribution in [1.82, 2.24) is 5.32 Å². The Labute approximate surface area is 134 Å². The third kappa shape index (κ3) is 6.14. The summed E-state index contributed by atoms with van der Waals surface area (Å²) in [6, 6.07) is 6.95. The van der Waals surface area contributed by atoms with Gasteiger partial charge in [0.05, 0.1) is 0 Å². The first-order chi connectivity index (χ1) is 9.56. The third-order valence-corrected chi connectivity index (χ3v) is 4.56. The molecule has 0 fully saturated rings. The lowest BCUT2D eigenvalue weighted by molar-refractivity contribution is -0.123. The highest BCUT2D eigenvalue weighted by atomic mass is 79.9. The van der Waals surface area contributed by atoms with Crippen molar-refractivity contribution < 1.29 is 9.53 Å². The van der Waals surface area contributed by atoms with Gasteiger partial charge in [-0.2, -0.15) is 0 Å². The van der Waals surface area contributed by atoms with E-state index < -0.39 is 0 Å². The van der Waals surface area contributed by atoms with E-state index in [4.69, 9.17) is 16.3 Å². The summed E-state index contributed by atoms with van der Waals surface area (Å²) in [5.74, 6) is 1.10. The number of carbonyl (C=O) groups excluding carboxylic acids is 1. The van der Waals surface area contributed by atoms with Crippen molar-refractivity contribution in [1.29, 1.82) is 0 Å². The molecular formula is C15H21BrClNO2. The molecular weight excluding hydrogens is 342 g/mol. The van der Waals surface area contributed by atoms with Crippen LogP contribution in [0, 0.1) is 5.92 Å². The number of hydrogen-bond acceptors (Lipinski definition) is 2. The predicted molar refractivity (Wildman–Crippen MR) is 86.7 cm³/mol. The van der Waals surface area contributed by atoms with Crippen LogP contribution < -0.4 is 10.1 Å². The quantitative estimate of drug-likeness (QED) is 0.709. The third-order valence-electron chi connectivity index (χ3n) is 3.24. The smallest absolute Gasteiger partial charge is 0.257 e. The highest BCUT2D eigenvalue weighted by Gasteiger charge is 2.16. The molecule has 0 aliphatic rings. The standard InChI is InChI=1S/C15H21BrClNO2/c1-3-11(4-2)14(16)9-18-15(19)10-20-13-7-5-12(17)6-8-13/h5-8,11,14H,3-4,9-10H2,1-2H3,(H,18,19). The topological polar surface area (TPSA) is 38.3 Å². The molecule has 0 aliphatic carbocycles. The summed E-state index contributed by atoms with van der Waals surface area (Å²) in [4.78, 5) is 12.0. The van der Waals surface area contributed by atoms with Crippen LogP contribution in [0.1, 0.15) is 26.7 Å². The Balaban J connectivity index is 2.28. The van der Waals surface area contributed by atoms with Crippen molar-refractivity contribution in [3.05, 3.63) is 29.3 Å². The Morgan fingerprint density at radius 1 is 1.30 bits per heavy atom. The summed E-state index contributed by atoms with van der Waals surface area (Å²) in [6.45, 7) is 4.96. The molecule has 1 amide bonds. The molecule has 1 atom stereocenters. The van der Waals surface area contributed by atoms with Crippen LogP contribution in [0.2, 0.25) is 5.02 Å². The highest BCUT2D eigenvalue weighted by molar-refractivity contribution is 9.09. The summed E-state index contributed by atoms with van der Waals surface area (Å²) in [6.07, 6.45) is 2.20. The molecule has 1 aromatic rings. The average molecular weight is 363 g/mol. The molecule has 0 saturated heterocycles. The second-order valence-corrected chi connectivity index (χ2v) is 6.25. The van der Waals surface area contributed by atoms with Crippen LogP contribution in [-0.2, 0) is 4.79 Å². The maximum Gasteiger partial charge on any atom is 0.257 e. The van der Waals surface area contributed by atoms with Gasteiger partial charge in [-0.1, -0.05) is 54.2 Å². The summed E-state index contributed by atoms with van der Waals surface area (Å²) in [5.41, 5.74) is 0. The Bertz CT molecular complexity index is 407. The average Bonchev–Trinajstić information content (AvgIpc) is 2.45. The van der Waals surface area contributed by atoms with Crippen molar-refractivity contribution in [3.8, 4) is 5.75 Å². The van der Waals surface area contributed by atoms with Gasteiger partial charge in [-0.3, -0.25) is 4.79 Å². The van der Waals surface area contributed by atoms with E-state index >= 15 is 0 Å². The van der Waals surface area contributed by atoms with Crippen LogP contribution in [0.3, 0.4) is 0 Å². The van der Waals surface area contributed by atoms with Gasteiger partial charge in [0.2, 0.25) is 0 Å². The fraction of sp³-hybridized carbons (Fsp3) is 0.533. The number of hydrogen-bond donors (Lipinski definition) is 1. The van der Waals surface area contributed by atoms with Crippen LogP contribution in [0.25, 0.3) is 0 Å². The highest BCUT2D eigenvalue weighted by Crippen LogP contribution is 2.19. The van der Waals surface area contributed by atoms with Crippen molar-refractivity contribution in [2.75, 3.05) is 13.2 Å². The van der Waals surface area contributed by atoms with E-state index in [1.807, 2.05) is 0 Å². The van der Waals surface area contributed by atoms with Crippen molar-refractivity contribution in [3.63, 3.8) is 0 Å². The molecule has 112 valence electrons. The van der Waals surface area contributed by atoms with E-state index in [1.165, 1.54) is 0 Å². The zero-order chi connectivity index (χ0) is 15.0. The lowest BCUT2D eigenvalue weighted by atomic mass is 9.99. The minimum atomic E-state index is -0.115. The van der Waals surface area contributed by atoms with Crippen LogP contribution >= 0.6 is 27.5 Å². The minimum absolute atomic E-state index is 0.0181. The summed E-state index contributed by atoms with van der Waals surface area (Å²) in [7, 11) is 0. The van der Waals surface area contributed by atoms with Crippen molar-refractivity contribution in [2.45, 2.75) is 31.5 Å². The normalized spacial score (nSPS) is 12.2. The zero-order valence-electron chi connectivity index (χ0n) is 11.9. The summed E-state index contributed by atoms with van der Waals surface area (Å²) >= 11 is 9.40. The first-order valence-electron chi connectivity index (χ1n) is 6.85. The number of ether oxygens (including phenoxy) is 1. The van der Waals surface area contributed by atoms with Gasteiger partial charge >= 0.3 is 0 Å². The van der Waals surface area contributed by atoms with Gasteiger partial charge in [0.1, 0.15) is 5.75 Å². The zero-order valence-corrected chi connectivity index (χ0v) is 14.2. The van der Waals surface area contributed by atoms with E-state index in [-0.39, 0.29) is 12.5 Å². The monoisotopic (exact) mass is 361 g/mol. The van der Waals surface area contributed by atoms with Crippen LogP contribution in [-0.4, -0.2) is 23.9 Å². The molecule has 1 unspecified atom stereocenters. The Kier molecular flexibility index (Phi) is 8.00. The van der Waals surface area contributed by atoms with Gasteiger partial charge in [0.15, 0.2) is 6.61 Å². The molecule has 0 spiro atoms. The van der Waals surface area contributed by atoms with E-state index in [2.05, 4.69) is 35.1 Å². The summed E-state index contributed by atoms with van der Waals surface area (Å²) < 4.78 is 5.38. The van der Waals surface area contributed by atoms with E-state index in [1.54, 1.807) is 24.3 Å². The molecule has 0 aromatic heterocycles. The van der Waals surface area contributed by atoms with Crippen LogP contribution in [0.5, 0.6) is 5.75 Å².